The highest BCUT2D eigenvalue weighted by atomic mass is 16.1. The molecule has 0 atom stereocenters. The van der Waals surface area contributed by atoms with E-state index < -0.39 is 0 Å². The van der Waals surface area contributed by atoms with Crippen molar-refractivity contribution >= 4 is 5.91 Å². The van der Waals surface area contributed by atoms with Crippen LogP contribution in [0.1, 0.15) is 31.9 Å². The van der Waals surface area contributed by atoms with Crippen LogP contribution in [0.5, 0.6) is 0 Å². The first kappa shape index (κ1) is 14.7. The van der Waals surface area contributed by atoms with Crippen LogP contribution in [-0.4, -0.2) is 25.5 Å². The number of carbonyl (C=O) groups excluding carboxylic acids is 1. The maximum absolute atomic E-state index is 11.6. The first-order valence-corrected chi connectivity index (χ1v) is 6.51. The number of benzene rings is 1. The number of nitrogens with one attached hydrogen (secondary N) is 2. The predicted molar refractivity (Wildman–Crippen MR) is 75.8 cm³/mol. The lowest BCUT2D eigenvalue weighted by Crippen LogP contribution is -2.41. The molecule has 0 heterocycles. The molecule has 18 heavy (non-hydrogen) atoms. The van der Waals surface area contributed by atoms with Gasteiger partial charge in [-0.2, -0.15) is 0 Å². The van der Waals surface area contributed by atoms with Crippen LogP contribution < -0.4 is 10.6 Å². The molecule has 1 amide bonds. The van der Waals surface area contributed by atoms with Crippen molar-refractivity contribution in [2.24, 2.45) is 0 Å². The van der Waals surface area contributed by atoms with Gasteiger partial charge in [0.1, 0.15) is 0 Å². The van der Waals surface area contributed by atoms with Crippen LogP contribution in [0.4, 0.5) is 0 Å². The lowest BCUT2D eigenvalue weighted by atomic mass is 9.82. The van der Waals surface area contributed by atoms with Crippen molar-refractivity contribution in [3.05, 3.63) is 35.4 Å². The molecule has 0 spiro atoms. The van der Waals surface area contributed by atoms with Gasteiger partial charge in [0.15, 0.2) is 0 Å². The summed E-state index contributed by atoms with van der Waals surface area (Å²) < 4.78 is 0. The maximum Gasteiger partial charge on any atom is 0.233 e. The molecule has 0 aliphatic carbocycles. The van der Waals surface area contributed by atoms with Crippen molar-refractivity contribution in [1.82, 2.24) is 10.6 Å². The number of hydrogen-bond donors (Lipinski definition) is 2. The first-order chi connectivity index (χ1) is 8.47. The molecule has 3 nitrogen and oxygen atoms in total. The lowest BCUT2D eigenvalue weighted by Gasteiger charge is -2.27. The summed E-state index contributed by atoms with van der Waals surface area (Å²) in [6, 6.07) is 8.33. The van der Waals surface area contributed by atoms with Crippen molar-refractivity contribution in [3.8, 4) is 0 Å². The highest BCUT2D eigenvalue weighted by molar-refractivity contribution is 5.78. The molecule has 100 valence electrons. The number of amides is 1. The summed E-state index contributed by atoms with van der Waals surface area (Å²) in [7, 11) is 0. The minimum Gasteiger partial charge on any atom is -0.354 e. The molecule has 0 radical (unpaired) electrons. The predicted octanol–water partition coefficient (Wildman–Crippen LogP) is 2.00. The Kier molecular flexibility index (Phi) is 5.35. The van der Waals surface area contributed by atoms with Gasteiger partial charge in [-0.15, -0.1) is 0 Å². The summed E-state index contributed by atoms with van der Waals surface area (Å²) in [5, 5.41) is 6.01. The van der Waals surface area contributed by atoms with E-state index in [0.717, 1.165) is 6.54 Å². The fourth-order valence-electron chi connectivity index (χ4n) is 2.05. The average molecular weight is 248 g/mol. The van der Waals surface area contributed by atoms with Crippen LogP contribution in [0, 0.1) is 6.92 Å². The van der Waals surface area contributed by atoms with Gasteiger partial charge >= 0.3 is 0 Å². The van der Waals surface area contributed by atoms with Crippen molar-refractivity contribution in [2.75, 3.05) is 19.6 Å². The first-order valence-electron chi connectivity index (χ1n) is 6.51. The fourth-order valence-corrected chi connectivity index (χ4v) is 2.05. The highest BCUT2D eigenvalue weighted by Gasteiger charge is 2.22. The van der Waals surface area contributed by atoms with Crippen LogP contribution >= 0.6 is 0 Å². The second-order valence-electron chi connectivity index (χ2n) is 5.26. The molecule has 1 aromatic rings. The molecule has 2 N–H and O–H groups in total. The van der Waals surface area contributed by atoms with Crippen molar-refractivity contribution in [2.45, 2.75) is 33.1 Å². The lowest BCUT2D eigenvalue weighted by molar-refractivity contribution is -0.120. The van der Waals surface area contributed by atoms with Crippen molar-refractivity contribution in [1.29, 1.82) is 0 Å². The zero-order valence-electron chi connectivity index (χ0n) is 11.8. The van der Waals surface area contributed by atoms with E-state index in [1.54, 1.807) is 0 Å². The number of rotatable bonds is 6. The van der Waals surface area contributed by atoms with Crippen LogP contribution in [-0.2, 0) is 10.2 Å². The summed E-state index contributed by atoms with van der Waals surface area (Å²) in [5.74, 6) is 0.0542. The Labute approximate surface area is 110 Å². The van der Waals surface area contributed by atoms with Crippen LogP contribution in [0.2, 0.25) is 0 Å². The third kappa shape index (κ3) is 4.15. The average Bonchev–Trinajstić information content (AvgIpc) is 2.34. The van der Waals surface area contributed by atoms with Gasteiger partial charge in [0.05, 0.1) is 6.54 Å². The third-order valence-electron chi connectivity index (χ3n) is 3.14. The maximum atomic E-state index is 11.6. The van der Waals surface area contributed by atoms with E-state index in [0.29, 0.717) is 13.1 Å². The Morgan fingerprint density at radius 3 is 2.56 bits per heavy atom. The SMILES string of the molecule is CCNCC(=O)NCC(C)(C)c1ccccc1C. The second kappa shape index (κ2) is 6.55. The molecule has 0 aliphatic rings. The summed E-state index contributed by atoms with van der Waals surface area (Å²) in [4.78, 5) is 11.6. The smallest absolute Gasteiger partial charge is 0.233 e. The van der Waals surface area contributed by atoms with E-state index in [9.17, 15) is 4.79 Å². The minimum atomic E-state index is -0.0484. The highest BCUT2D eigenvalue weighted by Crippen LogP contribution is 2.25. The van der Waals surface area contributed by atoms with Gasteiger partial charge in [-0.25, -0.2) is 0 Å². The van der Waals surface area contributed by atoms with E-state index >= 15 is 0 Å². The molecule has 0 aromatic heterocycles. The van der Waals surface area contributed by atoms with Gasteiger partial charge in [-0.3, -0.25) is 4.79 Å². The zero-order chi connectivity index (χ0) is 13.6. The van der Waals surface area contributed by atoms with Crippen molar-refractivity contribution < 1.29 is 4.79 Å². The molecule has 1 aromatic carbocycles. The van der Waals surface area contributed by atoms with Gasteiger partial charge in [0.2, 0.25) is 5.91 Å². The number of likely N-dealkylation sites (N-methyl/N-ethyl adjacent to an activating group) is 1. The largest absolute Gasteiger partial charge is 0.354 e. The molecule has 0 saturated carbocycles. The molecular formula is C15H24N2O. The standard InChI is InChI=1S/C15H24N2O/c1-5-16-10-14(18)17-11-15(3,4)13-9-7-6-8-12(13)2/h6-9,16H,5,10-11H2,1-4H3,(H,17,18). The van der Waals surface area contributed by atoms with E-state index in [-0.39, 0.29) is 11.3 Å². The molecule has 0 fully saturated rings. The molecule has 3 heteroatoms. The monoisotopic (exact) mass is 248 g/mol. The minimum absolute atomic E-state index is 0.0484. The van der Waals surface area contributed by atoms with E-state index in [1.807, 2.05) is 19.1 Å². The van der Waals surface area contributed by atoms with Crippen LogP contribution in [0.3, 0.4) is 0 Å². The van der Waals surface area contributed by atoms with Gasteiger partial charge in [0.25, 0.3) is 0 Å². The summed E-state index contributed by atoms with van der Waals surface area (Å²) in [6.07, 6.45) is 0. The number of hydrogen-bond acceptors (Lipinski definition) is 2. The summed E-state index contributed by atoms with van der Waals surface area (Å²) in [6.45, 7) is 10.3. The molecule has 0 saturated heterocycles. The van der Waals surface area contributed by atoms with Gasteiger partial charge in [-0.05, 0) is 24.6 Å². The van der Waals surface area contributed by atoms with Crippen LogP contribution in [0.15, 0.2) is 24.3 Å². The van der Waals surface area contributed by atoms with E-state index in [2.05, 4.69) is 43.5 Å². The van der Waals surface area contributed by atoms with Gasteiger partial charge < -0.3 is 10.6 Å². The quantitative estimate of drug-likeness (QED) is 0.808. The Bertz CT molecular complexity index is 399. The van der Waals surface area contributed by atoms with Gasteiger partial charge in [-0.1, -0.05) is 45.0 Å². The Morgan fingerprint density at radius 2 is 1.94 bits per heavy atom. The normalized spacial score (nSPS) is 11.3. The van der Waals surface area contributed by atoms with E-state index in [1.165, 1.54) is 11.1 Å². The molecule has 0 bridgehead atoms. The zero-order valence-corrected chi connectivity index (χ0v) is 11.8. The third-order valence-corrected chi connectivity index (χ3v) is 3.14. The molecular weight excluding hydrogens is 224 g/mol. The van der Waals surface area contributed by atoms with E-state index in [4.69, 9.17) is 0 Å². The number of aryl methyl sites for hydroxylation is 1. The fraction of sp³-hybridized carbons (Fsp3) is 0.533. The number of carbonyl (C=O) groups is 1. The summed E-state index contributed by atoms with van der Waals surface area (Å²) in [5.41, 5.74) is 2.50. The molecule has 1 rings (SSSR count). The molecule has 0 unspecified atom stereocenters. The summed E-state index contributed by atoms with van der Waals surface area (Å²) >= 11 is 0. The van der Waals surface area contributed by atoms with Crippen molar-refractivity contribution in [3.63, 3.8) is 0 Å². The Hall–Kier alpha value is -1.35. The van der Waals surface area contributed by atoms with Crippen LogP contribution in [0.25, 0.3) is 0 Å². The second-order valence-corrected chi connectivity index (χ2v) is 5.26. The van der Waals surface area contributed by atoms with Gasteiger partial charge in [0, 0.05) is 12.0 Å². The Morgan fingerprint density at radius 1 is 1.28 bits per heavy atom. The topological polar surface area (TPSA) is 41.1 Å². The molecule has 0 aliphatic heterocycles. The Balaban J connectivity index is 2.60.